The monoisotopic (exact) mass is 385 g/mol. The molecule has 27 heavy (non-hydrogen) atoms. The molecule has 2 aromatic carbocycles. The molecule has 0 bridgehead atoms. The second-order valence-electron chi connectivity index (χ2n) is 5.80. The fraction of sp³-hybridized carbons (Fsp3) is 0.111. The summed E-state index contributed by atoms with van der Waals surface area (Å²) in [6.07, 6.45) is 3.58. The van der Waals surface area contributed by atoms with Crippen molar-refractivity contribution in [2.24, 2.45) is 0 Å². The van der Waals surface area contributed by atoms with Crippen molar-refractivity contribution in [3.8, 4) is 5.75 Å². The molecule has 0 radical (unpaired) electrons. The second-order valence-corrected chi connectivity index (χ2v) is 6.98. The number of H-pyrrole nitrogens is 1. The Morgan fingerprint density at radius 2 is 2.15 bits per heavy atom. The standard InChI is InChI=1S/C18H16FN5O2S/c1-26-15-10-12(11-24-8-4-7-20-24)9-14-17(15)18(22-21-14)23-27(25)16-6-3-2-5-13(16)19/h2-10H,11H2,1H3,(H2,21,22,23). The Kier molecular flexibility index (Phi) is 4.59. The van der Waals surface area contributed by atoms with Crippen molar-refractivity contribution in [2.45, 2.75) is 11.4 Å². The van der Waals surface area contributed by atoms with Crippen LogP contribution in [0.2, 0.25) is 0 Å². The Hall–Kier alpha value is -3.20. The summed E-state index contributed by atoms with van der Waals surface area (Å²) in [5.41, 5.74) is 1.68. The van der Waals surface area contributed by atoms with Gasteiger partial charge in [0.1, 0.15) is 11.6 Å². The van der Waals surface area contributed by atoms with Crippen molar-refractivity contribution < 1.29 is 13.3 Å². The quantitative estimate of drug-likeness (QED) is 0.534. The van der Waals surface area contributed by atoms with Gasteiger partial charge >= 0.3 is 0 Å². The number of aromatic nitrogens is 4. The van der Waals surface area contributed by atoms with Gasteiger partial charge in [-0.15, -0.1) is 0 Å². The van der Waals surface area contributed by atoms with Crippen molar-refractivity contribution in [1.29, 1.82) is 0 Å². The van der Waals surface area contributed by atoms with Gasteiger partial charge < -0.3 is 4.74 Å². The normalized spacial score (nSPS) is 12.2. The minimum absolute atomic E-state index is 0.0583. The van der Waals surface area contributed by atoms with Crippen LogP contribution < -0.4 is 9.46 Å². The highest BCUT2D eigenvalue weighted by Crippen LogP contribution is 2.33. The predicted octanol–water partition coefficient (Wildman–Crippen LogP) is 3.09. The second kappa shape index (κ2) is 7.20. The molecule has 138 valence electrons. The van der Waals surface area contributed by atoms with Crippen LogP contribution in [0.1, 0.15) is 5.56 Å². The molecule has 0 saturated carbocycles. The molecule has 1 atom stereocenters. The molecule has 0 aliphatic heterocycles. The zero-order valence-electron chi connectivity index (χ0n) is 14.3. The molecule has 0 aliphatic carbocycles. The van der Waals surface area contributed by atoms with Crippen molar-refractivity contribution in [2.75, 3.05) is 11.8 Å². The lowest BCUT2D eigenvalue weighted by Gasteiger charge is -2.09. The van der Waals surface area contributed by atoms with Crippen molar-refractivity contribution >= 4 is 27.7 Å². The number of anilines is 1. The number of rotatable bonds is 6. The van der Waals surface area contributed by atoms with Crippen LogP contribution in [0, 0.1) is 5.82 Å². The molecule has 4 rings (SSSR count). The highest BCUT2D eigenvalue weighted by molar-refractivity contribution is 7.86. The molecule has 2 heterocycles. The molecule has 0 fully saturated rings. The van der Waals surface area contributed by atoms with E-state index in [-0.39, 0.29) is 4.90 Å². The predicted molar refractivity (Wildman–Crippen MR) is 100 cm³/mol. The minimum atomic E-state index is -1.80. The van der Waals surface area contributed by atoms with Crippen molar-refractivity contribution in [1.82, 2.24) is 20.0 Å². The largest absolute Gasteiger partial charge is 0.496 e. The first-order valence-electron chi connectivity index (χ1n) is 8.11. The molecule has 9 heteroatoms. The summed E-state index contributed by atoms with van der Waals surface area (Å²) in [5.74, 6) is 0.349. The molecule has 0 saturated heterocycles. The zero-order chi connectivity index (χ0) is 18.8. The first-order valence-corrected chi connectivity index (χ1v) is 9.26. The van der Waals surface area contributed by atoms with Crippen LogP contribution >= 0.6 is 0 Å². The molecular weight excluding hydrogens is 369 g/mol. The maximum Gasteiger partial charge on any atom is 0.171 e. The lowest BCUT2D eigenvalue weighted by molar-refractivity contribution is 0.419. The van der Waals surface area contributed by atoms with E-state index in [9.17, 15) is 8.60 Å². The number of nitrogens with zero attached hydrogens (tertiary/aromatic N) is 3. The van der Waals surface area contributed by atoms with Crippen LogP contribution in [0.4, 0.5) is 10.2 Å². The van der Waals surface area contributed by atoms with Gasteiger partial charge in [0, 0.05) is 12.4 Å². The third-order valence-electron chi connectivity index (χ3n) is 4.04. The van der Waals surface area contributed by atoms with Gasteiger partial charge in [0.15, 0.2) is 16.8 Å². The van der Waals surface area contributed by atoms with Crippen molar-refractivity contribution in [3.63, 3.8) is 0 Å². The summed E-state index contributed by atoms with van der Waals surface area (Å²) in [7, 11) is -0.247. The van der Waals surface area contributed by atoms with Gasteiger partial charge in [-0.25, -0.2) is 8.60 Å². The molecular formula is C18H16FN5O2S. The van der Waals surface area contributed by atoms with Crippen molar-refractivity contribution in [3.05, 3.63) is 66.2 Å². The van der Waals surface area contributed by atoms with Crippen LogP contribution in [-0.4, -0.2) is 31.3 Å². The van der Waals surface area contributed by atoms with Crippen LogP contribution in [-0.2, 0) is 17.5 Å². The number of nitrogens with one attached hydrogen (secondary N) is 2. The average molecular weight is 385 g/mol. The molecule has 2 aromatic heterocycles. The van der Waals surface area contributed by atoms with E-state index in [0.717, 1.165) is 5.56 Å². The smallest absolute Gasteiger partial charge is 0.171 e. The lowest BCUT2D eigenvalue weighted by Crippen LogP contribution is -2.07. The van der Waals surface area contributed by atoms with E-state index in [1.165, 1.54) is 12.1 Å². The maximum atomic E-state index is 13.9. The number of hydrogen-bond acceptors (Lipinski definition) is 4. The van der Waals surface area contributed by atoms with E-state index in [2.05, 4.69) is 20.0 Å². The zero-order valence-corrected chi connectivity index (χ0v) is 15.2. The highest BCUT2D eigenvalue weighted by atomic mass is 32.2. The Labute approximate surface area is 156 Å². The number of ether oxygens (including phenoxy) is 1. The number of halogens is 1. The summed E-state index contributed by atoms with van der Waals surface area (Å²) in [4.78, 5) is 0.0583. The topological polar surface area (TPSA) is 84.8 Å². The summed E-state index contributed by atoms with van der Waals surface area (Å²) in [5, 5.41) is 11.9. The Morgan fingerprint density at radius 3 is 2.89 bits per heavy atom. The number of aromatic amines is 1. The van der Waals surface area contributed by atoms with Gasteiger partial charge in [0.2, 0.25) is 0 Å². The Balaban J connectivity index is 1.68. The maximum absolute atomic E-state index is 13.9. The van der Waals surface area contributed by atoms with Gasteiger partial charge in [-0.2, -0.15) is 10.2 Å². The van der Waals surface area contributed by atoms with Gasteiger partial charge in [0.05, 0.1) is 29.5 Å². The molecule has 0 spiro atoms. The van der Waals surface area contributed by atoms with Crippen LogP contribution in [0.3, 0.4) is 0 Å². The van der Waals surface area contributed by atoms with E-state index in [1.54, 1.807) is 30.1 Å². The van der Waals surface area contributed by atoms with Crippen LogP contribution in [0.15, 0.2) is 59.8 Å². The third kappa shape index (κ3) is 3.41. The molecule has 4 aromatic rings. The number of benzene rings is 2. The van der Waals surface area contributed by atoms with Gasteiger partial charge in [-0.3, -0.25) is 14.5 Å². The third-order valence-corrected chi connectivity index (χ3v) is 5.15. The fourth-order valence-electron chi connectivity index (χ4n) is 2.82. The molecule has 2 N–H and O–H groups in total. The first-order chi connectivity index (χ1) is 13.2. The van der Waals surface area contributed by atoms with Gasteiger partial charge in [-0.1, -0.05) is 12.1 Å². The summed E-state index contributed by atoms with van der Waals surface area (Å²) < 4.78 is 36.4. The number of hydrogen-bond donors (Lipinski definition) is 2. The number of fused-ring (bicyclic) bond motifs is 1. The Bertz CT molecular complexity index is 1110. The highest BCUT2D eigenvalue weighted by Gasteiger charge is 2.17. The molecule has 0 aliphatic rings. The van der Waals surface area contributed by atoms with E-state index in [4.69, 9.17) is 4.74 Å². The Morgan fingerprint density at radius 1 is 1.30 bits per heavy atom. The van der Waals surface area contributed by atoms with E-state index < -0.39 is 16.8 Å². The lowest BCUT2D eigenvalue weighted by atomic mass is 10.1. The van der Waals surface area contributed by atoms with Crippen LogP contribution in [0.25, 0.3) is 10.9 Å². The SMILES string of the molecule is COc1cc(Cn2cccn2)cc2[nH]nc(NS(=O)c3ccccc3F)c12. The average Bonchev–Trinajstić information content (AvgIpc) is 3.31. The van der Waals surface area contributed by atoms with Gasteiger partial charge in [-0.05, 0) is 35.9 Å². The molecule has 0 amide bonds. The summed E-state index contributed by atoms with van der Waals surface area (Å²) in [6.45, 7) is 0.572. The molecule has 1 unspecified atom stereocenters. The van der Waals surface area contributed by atoms with E-state index in [1.807, 2.05) is 24.4 Å². The minimum Gasteiger partial charge on any atom is -0.496 e. The first kappa shape index (κ1) is 17.2. The van der Waals surface area contributed by atoms with Crippen LogP contribution in [0.5, 0.6) is 5.75 Å². The molecule has 7 nitrogen and oxygen atoms in total. The summed E-state index contributed by atoms with van der Waals surface area (Å²) in [6, 6.07) is 11.5. The number of methoxy groups -OCH3 is 1. The fourth-order valence-corrected chi connectivity index (χ4v) is 3.70. The van der Waals surface area contributed by atoms with E-state index in [0.29, 0.717) is 29.0 Å². The summed E-state index contributed by atoms with van der Waals surface area (Å²) >= 11 is 0. The van der Waals surface area contributed by atoms with E-state index >= 15 is 0 Å². The van der Waals surface area contributed by atoms with Gasteiger partial charge in [0.25, 0.3) is 0 Å².